The number of nitrogens with one attached hydrogen (secondary N) is 1. The van der Waals surface area contributed by atoms with Crippen LogP contribution in [-0.2, 0) is 6.42 Å². The first-order chi connectivity index (χ1) is 9.58. The van der Waals surface area contributed by atoms with Crippen LogP contribution in [0.3, 0.4) is 0 Å². The van der Waals surface area contributed by atoms with E-state index in [9.17, 15) is 13.6 Å². The lowest BCUT2D eigenvalue weighted by Gasteiger charge is -2.07. The molecule has 0 aliphatic rings. The zero-order chi connectivity index (χ0) is 14.5. The second-order valence-corrected chi connectivity index (χ2v) is 5.14. The zero-order valence-electron chi connectivity index (χ0n) is 10.5. The number of amides is 1. The Morgan fingerprint density at radius 1 is 1.10 bits per heavy atom. The van der Waals surface area contributed by atoms with Gasteiger partial charge in [-0.25, -0.2) is 8.78 Å². The number of carbonyl (C=O) groups is 1. The summed E-state index contributed by atoms with van der Waals surface area (Å²) < 4.78 is 27.5. The average Bonchev–Trinajstić information content (AvgIpc) is 2.40. The van der Waals surface area contributed by atoms with Crippen molar-refractivity contribution in [2.45, 2.75) is 6.42 Å². The van der Waals surface area contributed by atoms with Gasteiger partial charge in [-0.15, -0.1) is 0 Å². The van der Waals surface area contributed by atoms with Crippen molar-refractivity contribution < 1.29 is 13.6 Å². The molecule has 0 saturated heterocycles. The molecule has 0 bridgehead atoms. The van der Waals surface area contributed by atoms with Crippen molar-refractivity contribution in [2.24, 2.45) is 0 Å². The first-order valence-electron chi connectivity index (χ1n) is 6.04. The van der Waals surface area contributed by atoms with Crippen LogP contribution in [0.1, 0.15) is 15.9 Å². The highest BCUT2D eigenvalue weighted by Gasteiger charge is 2.11. The molecule has 1 amide bonds. The fourth-order valence-electron chi connectivity index (χ4n) is 1.78. The number of rotatable bonds is 4. The number of hydrogen-bond donors (Lipinski definition) is 1. The summed E-state index contributed by atoms with van der Waals surface area (Å²) >= 11 is 3.12. The van der Waals surface area contributed by atoms with Gasteiger partial charge in [0, 0.05) is 11.0 Å². The third-order valence-corrected chi connectivity index (χ3v) is 3.31. The number of benzene rings is 2. The molecule has 0 aromatic heterocycles. The first kappa shape index (κ1) is 14.7. The maximum atomic E-state index is 13.6. The van der Waals surface area contributed by atoms with Gasteiger partial charge in [0.25, 0.3) is 5.91 Å². The predicted molar refractivity (Wildman–Crippen MR) is 76.5 cm³/mol. The van der Waals surface area contributed by atoms with Crippen molar-refractivity contribution in [2.75, 3.05) is 6.54 Å². The zero-order valence-corrected chi connectivity index (χ0v) is 12.1. The van der Waals surface area contributed by atoms with Crippen LogP contribution in [0, 0.1) is 11.6 Å². The van der Waals surface area contributed by atoms with Gasteiger partial charge in [0.05, 0.1) is 5.56 Å². The van der Waals surface area contributed by atoms with Crippen molar-refractivity contribution >= 4 is 21.8 Å². The third kappa shape index (κ3) is 3.63. The Hall–Kier alpha value is -1.75. The summed E-state index contributed by atoms with van der Waals surface area (Å²) in [5.41, 5.74) is 0.491. The molecule has 0 radical (unpaired) electrons. The van der Waals surface area contributed by atoms with E-state index in [1.165, 1.54) is 18.2 Å². The summed E-state index contributed by atoms with van der Waals surface area (Å²) in [5, 5.41) is 2.57. The molecule has 104 valence electrons. The van der Waals surface area contributed by atoms with Crippen molar-refractivity contribution in [3.05, 3.63) is 69.7 Å². The lowest BCUT2D eigenvalue weighted by Crippen LogP contribution is -2.26. The largest absolute Gasteiger partial charge is 0.352 e. The van der Waals surface area contributed by atoms with Crippen LogP contribution < -0.4 is 5.32 Å². The second kappa shape index (κ2) is 6.61. The smallest absolute Gasteiger partial charge is 0.254 e. The Kier molecular flexibility index (Phi) is 4.84. The Morgan fingerprint density at radius 3 is 2.55 bits per heavy atom. The van der Waals surface area contributed by atoms with E-state index in [0.717, 1.165) is 0 Å². The molecule has 2 aromatic carbocycles. The fraction of sp³-hybridized carbons (Fsp3) is 0.133. The molecule has 0 aliphatic carbocycles. The van der Waals surface area contributed by atoms with Crippen molar-refractivity contribution in [3.8, 4) is 0 Å². The molecule has 2 rings (SSSR count). The molecule has 0 heterocycles. The molecule has 0 aliphatic heterocycles. The minimum atomic E-state index is -0.595. The normalized spacial score (nSPS) is 10.3. The van der Waals surface area contributed by atoms with E-state index < -0.39 is 11.7 Å². The topological polar surface area (TPSA) is 29.1 Å². The lowest BCUT2D eigenvalue weighted by atomic mass is 10.1. The highest BCUT2D eigenvalue weighted by molar-refractivity contribution is 9.10. The minimum absolute atomic E-state index is 0.0262. The van der Waals surface area contributed by atoms with Crippen LogP contribution >= 0.6 is 15.9 Å². The van der Waals surface area contributed by atoms with Gasteiger partial charge in [0.15, 0.2) is 0 Å². The van der Waals surface area contributed by atoms with Crippen molar-refractivity contribution in [1.29, 1.82) is 0 Å². The van der Waals surface area contributed by atoms with E-state index in [0.29, 0.717) is 16.5 Å². The standard InChI is InChI=1S/C15H12BrF2NO/c16-11-5-6-12(14(18)9-11)15(20)19-8-7-10-3-1-2-4-13(10)17/h1-6,9H,7-8H2,(H,19,20). The van der Waals surface area contributed by atoms with Gasteiger partial charge in [-0.05, 0) is 36.2 Å². The molecule has 0 spiro atoms. The Morgan fingerprint density at radius 2 is 1.85 bits per heavy atom. The van der Waals surface area contributed by atoms with Gasteiger partial charge in [0.1, 0.15) is 11.6 Å². The van der Waals surface area contributed by atoms with E-state index in [-0.39, 0.29) is 17.9 Å². The van der Waals surface area contributed by atoms with Gasteiger partial charge in [-0.1, -0.05) is 34.1 Å². The minimum Gasteiger partial charge on any atom is -0.352 e. The van der Waals surface area contributed by atoms with E-state index in [2.05, 4.69) is 21.2 Å². The summed E-state index contributed by atoms with van der Waals surface area (Å²) in [6.45, 7) is 0.245. The monoisotopic (exact) mass is 339 g/mol. The van der Waals surface area contributed by atoms with E-state index in [4.69, 9.17) is 0 Å². The van der Waals surface area contributed by atoms with E-state index >= 15 is 0 Å². The van der Waals surface area contributed by atoms with Gasteiger partial charge < -0.3 is 5.32 Å². The Labute approximate surface area is 123 Å². The maximum absolute atomic E-state index is 13.6. The third-order valence-electron chi connectivity index (χ3n) is 2.81. The second-order valence-electron chi connectivity index (χ2n) is 4.22. The molecule has 0 unspecified atom stereocenters. The molecule has 0 atom stereocenters. The Balaban J connectivity index is 1.94. The summed E-state index contributed by atoms with van der Waals surface area (Å²) in [5.74, 6) is -1.41. The predicted octanol–water partition coefficient (Wildman–Crippen LogP) is 3.70. The summed E-state index contributed by atoms with van der Waals surface area (Å²) in [4.78, 5) is 11.8. The average molecular weight is 340 g/mol. The number of hydrogen-bond acceptors (Lipinski definition) is 1. The van der Waals surface area contributed by atoms with E-state index in [1.54, 1.807) is 24.3 Å². The van der Waals surface area contributed by atoms with Crippen molar-refractivity contribution in [1.82, 2.24) is 5.32 Å². The molecule has 0 fully saturated rings. The van der Waals surface area contributed by atoms with Crippen LogP contribution in [0.4, 0.5) is 8.78 Å². The van der Waals surface area contributed by atoms with Gasteiger partial charge >= 0.3 is 0 Å². The molecule has 0 saturated carbocycles. The van der Waals surface area contributed by atoms with E-state index in [1.807, 2.05) is 0 Å². The molecule has 2 nitrogen and oxygen atoms in total. The molecular weight excluding hydrogens is 328 g/mol. The summed E-state index contributed by atoms with van der Waals surface area (Å²) in [6, 6.07) is 10.6. The number of halogens is 3. The molecule has 1 N–H and O–H groups in total. The van der Waals surface area contributed by atoms with Crippen LogP contribution in [0.5, 0.6) is 0 Å². The first-order valence-corrected chi connectivity index (χ1v) is 6.84. The molecule has 5 heteroatoms. The highest BCUT2D eigenvalue weighted by atomic mass is 79.9. The Bertz CT molecular complexity index is 631. The van der Waals surface area contributed by atoms with Gasteiger partial charge in [-0.2, -0.15) is 0 Å². The molecule has 2 aromatic rings. The summed E-state index contributed by atoms with van der Waals surface area (Å²) in [7, 11) is 0. The van der Waals surface area contributed by atoms with Crippen molar-refractivity contribution in [3.63, 3.8) is 0 Å². The van der Waals surface area contributed by atoms with Crippen LogP contribution in [0.25, 0.3) is 0 Å². The summed E-state index contributed by atoms with van der Waals surface area (Å²) in [6.07, 6.45) is 0.358. The highest BCUT2D eigenvalue weighted by Crippen LogP contribution is 2.15. The number of carbonyl (C=O) groups excluding carboxylic acids is 1. The van der Waals surface area contributed by atoms with Crippen LogP contribution in [0.2, 0.25) is 0 Å². The maximum Gasteiger partial charge on any atom is 0.254 e. The molecule has 20 heavy (non-hydrogen) atoms. The SMILES string of the molecule is O=C(NCCc1ccccc1F)c1ccc(Br)cc1F. The van der Waals surface area contributed by atoms with Crippen LogP contribution in [0.15, 0.2) is 46.9 Å². The fourth-order valence-corrected chi connectivity index (χ4v) is 2.11. The molecular formula is C15H12BrF2NO. The van der Waals surface area contributed by atoms with Gasteiger partial charge in [-0.3, -0.25) is 4.79 Å². The quantitative estimate of drug-likeness (QED) is 0.904. The van der Waals surface area contributed by atoms with Crippen LogP contribution in [-0.4, -0.2) is 12.5 Å². The van der Waals surface area contributed by atoms with Gasteiger partial charge in [0.2, 0.25) is 0 Å². The lowest BCUT2D eigenvalue weighted by molar-refractivity contribution is 0.0950.